The Morgan fingerprint density at radius 3 is 2.28 bits per heavy atom. The van der Waals surface area contributed by atoms with Crippen molar-refractivity contribution in [2.45, 2.75) is 6.92 Å². The van der Waals surface area contributed by atoms with Crippen molar-refractivity contribution in [1.82, 2.24) is 0 Å². The Hall–Kier alpha value is -2.73. The molecule has 0 bridgehead atoms. The SMILES string of the molecule is COc1ccc(N2C(=O)S/C(=C(/C)c3cccc(OC)c3)C2=O)cc1. The number of methoxy groups -OCH3 is 2. The fourth-order valence-electron chi connectivity index (χ4n) is 2.54. The van der Waals surface area contributed by atoms with Crippen LogP contribution in [0, 0.1) is 0 Å². The lowest BCUT2D eigenvalue weighted by Crippen LogP contribution is -2.27. The predicted octanol–water partition coefficient (Wildman–Crippen LogP) is 4.33. The second-order valence-electron chi connectivity index (χ2n) is 5.39. The quantitative estimate of drug-likeness (QED) is 0.764. The van der Waals surface area contributed by atoms with Gasteiger partial charge in [-0.2, -0.15) is 0 Å². The Bertz CT molecular complexity index is 858. The van der Waals surface area contributed by atoms with Gasteiger partial charge in [0.1, 0.15) is 11.5 Å². The monoisotopic (exact) mass is 355 g/mol. The van der Waals surface area contributed by atoms with Gasteiger partial charge in [0.05, 0.1) is 24.8 Å². The van der Waals surface area contributed by atoms with Gasteiger partial charge in [-0.05, 0) is 66.2 Å². The fourth-order valence-corrected chi connectivity index (χ4v) is 3.44. The van der Waals surface area contributed by atoms with Gasteiger partial charge in [-0.1, -0.05) is 12.1 Å². The van der Waals surface area contributed by atoms with E-state index < -0.39 is 0 Å². The van der Waals surface area contributed by atoms with Crippen LogP contribution in [0.25, 0.3) is 5.57 Å². The summed E-state index contributed by atoms with van der Waals surface area (Å²) in [6.45, 7) is 1.83. The summed E-state index contributed by atoms with van der Waals surface area (Å²) in [5, 5.41) is -0.313. The Balaban J connectivity index is 1.96. The maximum Gasteiger partial charge on any atom is 0.298 e. The van der Waals surface area contributed by atoms with Gasteiger partial charge in [0.2, 0.25) is 0 Å². The summed E-state index contributed by atoms with van der Waals surface area (Å²) in [5.41, 5.74) is 2.12. The van der Waals surface area contributed by atoms with E-state index in [1.54, 1.807) is 38.5 Å². The summed E-state index contributed by atoms with van der Waals surface area (Å²) in [6.07, 6.45) is 0. The molecule has 0 N–H and O–H groups in total. The Morgan fingerprint density at radius 2 is 1.64 bits per heavy atom. The molecule has 0 atom stereocenters. The van der Waals surface area contributed by atoms with Crippen LogP contribution in [-0.4, -0.2) is 25.4 Å². The van der Waals surface area contributed by atoms with Gasteiger partial charge in [0, 0.05) is 0 Å². The molecule has 0 aliphatic carbocycles. The van der Waals surface area contributed by atoms with E-state index >= 15 is 0 Å². The average molecular weight is 355 g/mol. The van der Waals surface area contributed by atoms with E-state index in [2.05, 4.69) is 0 Å². The molecule has 2 amide bonds. The molecule has 0 radical (unpaired) electrons. The molecule has 1 heterocycles. The summed E-state index contributed by atoms with van der Waals surface area (Å²) >= 11 is 0.948. The van der Waals surface area contributed by atoms with E-state index in [-0.39, 0.29) is 11.1 Å². The zero-order valence-electron chi connectivity index (χ0n) is 14.1. The normalized spacial score (nSPS) is 16.2. The van der Waals surface area contributed by atoms with Crippen molar-refractivity contribution in [3.8, 4) is 11.5 Å². The highest BCUT2D eigenvalue weighted by molar-refractivity contribution is 8.19. The van der Waals surface area contributed by atoms with Crippen LogP contribution in [0.5, 0.6) is 11.5 Å². The number of ether oxygens (including phenoxy) is 2. The third kappa shape index (κ3) is 3.25. The number of rotatable bonds is 4. The molecule has 2 aromatic rings. The number of carbonyl (C=O) groups excluding carboxylic acids is 2. The van der Waals surface area contributed by atoms with E-state index in [1.165, 1.54) is 4.90 Å². The van der Waals surface area contributed by atoms with Crippen LogP contribution in [0.3, 0.4) is 0 Å². The van der Waals surface area contributed by atoms with Gasteiger partial charge < -0.3 is 9.47 Å². The van der Waals surface area contributed by atoms with E-state index in [0.717, 1.165) is 22.9 Å². The molecule has 1 aliphatic heterocycles. The highest BCUT2D eigenvalue weighted by Crippen LogP contribution is 2.39. The van der Waals surface area contributed by atoms with Gasteiger partial charge in [-0.25, -0.2) is 4.90 Å². The van der Waals surface area contributed by atoms with Crippen LogP contribution in [0.2, 0.25) is 0 Å². The first-order chi connectivity index (χ1) is 12.0. The molecule has 1 aliphatic rings. The maximum absolute atomic E-state index is 12.8. The van der Waals surface area contributed by atoms with Crippen LogP contribution in [0.1, 0.15) is 12.5 Å². The molecular weight excluding hydrogens is 338 g/mol. The Kier molecular flexibility index (Phi) is 4.81. The molecule has 3 rings (SSSR count). The van der Waals surface area contributed by atoms with E-state index in [1.807, 2.05) is 31.2 Å². The highest BCUT2D eigenvalue weighted by Gasteiger charge is 2.37. The highest BCUT2D eigenvalue weighted by atomic mass is 32.2. The van der Waals surface area contributed by atoms with Crippen LogP contribution in [0.15, 0.2) is 53.4 Å². The van der Waals surface area contributed by atoms with Crippen LogP contribution in [0.4, 0.5) is 10.5 Å². The van der Waals surface area contributed by atoms with Crippen LogP contribution in [-0.2, 0) is 4.79 Å². The van der Waals surface area contributed by atoms with Crippen LogP contribution < -0.4 is 14.4 Å². The number of nitrogens with zero attached hydrogens (tertiary/aromatic N) is 1. The Morgan fingerprint density at radius 1 is 0.960 bits per heavy atom. The number of hydrogen-bond acceptors (Lipinski definition) is 5. The zero-order valence-corrected chi connectivity index (χ0v) is 14.9. The minimum absolute atomic E-state index is 0.313. The van der Waals surface area contributed by atoms with Crippen molar-refractivity contribution < 1.29 is 19.1 Å². The summed E-state index contributed by atoms with van der Waals surface area (Å²) in [7, 11) is 3.15. The molecular formula is C19H17NO4S. The molecule has 2 aromatic carbocycles. The molecule has 25 heavy (non-hydrogen) atoms. The van der Waals surface area contributed by atoms with Crippen molar-refractivity contribution in [2.24, 2.45) is 0 Å². The number of anilines is 1. The first kappa shape index (κ1) is 17.1. The lowest BCUT2D eigenvalue weighted by atomic mass is 10.1. The maximum atomic E-state index is 12.8. The summed E-state index contributed by atoms with van der Waals surface area (Å²) in [4.78, 5) is 26.8. The molecule has 128 valence electrons. The molecule has 0 unspecified atom stereocenters. The lowest BCUT2D eigenvalue weighted by molar-refractivity contribution is -0.113. The fraction of sp³-hybridized carbons (Fsp3) is 0.158. The first-order valence-electron chi connectivity index (χ1n) is 7.60. The molecule has 6 heteroatoms. The first-order valence-corrected chi connectivity index (χ1v) is 8.42. The van der Waals surface area contributed by atoms with Crippen molar-refractivity contribution >= 4 is 34.2 Å². The Labute approximate surface area is 150 Å². The minimum atomic E-state index is -0.319. The van der Waals surface area contributed by atoms with Gasteiger partial charge in [0.15, 0.2) is 0 Å². The predicted molar refractivity (Wildman–Crippen MR) is 99.1 cm³/mol. The van der Waals surface area contributed by atoms with Gasteiger partial charge >= 0.3 is 0 Å². The van der Waals surface area contributed by atoms with E-state index in [4.69, 9.17) is 9.47 Å². The zero-order chi connectivity index (χ0) is 18.0. The number of benzene rings is 2. The van der Waals surface area contributed by atoms with Crippen molar-refractivity contribution in [3.05, 3.63) is 59.0 Å². The topological polar surface area (TPSA) is 55.8 Å². The number of allylic oxidation sites excluding steroid dienone is 1. The number of thioether (sulfide) groups is 1. The minimum Gasteiger partial charge on any atom is -0.497 e. The van der Waals surface area contributed by atoms with Crippen molar-refractivity contribution in [1.29, 1.82) is 0 Å². The van der Waals surface area contributed by atoms with Gasteiger partial charge in [0.25, 0.3) is 11.1 Å². The third-order valence-corrected chi connectivity index (χ3v) is 4.99. The molecule has 1 saturated heterocycles. The van der Waals surface area contributed by atoms with E-state index in [0.29, 0.717) is 22.1 Å². The second kappa shape index (κ2) is 7.03. The molecule has 0 saturated carbocycles. The number of imide groups is 1. The number of hydrogen-bond donors (Lipinski definition) is 0. The summed E-state index contributed by atoms with van der Waals surface area (Å²) in [6, 6.07) is 14.2. The smallest absolute Gasteiger partial charge is 0.298 e. The standard InChI is InChI=1S/C19H17NO4S/c1-12(13-5-4-6-16(11-13)24-3)17-18(21)20(19(22)25-17)14-7-9-15(23-2)10-8-14/h4-11H,1-3H3/b17-12-. The van der Waals surface area contributed by atoms with Crippen molar-refractivity contribution in [2.75, 3.05) is 19.1 Å². The molecule has 0 spiro atoms. The average Bonchev–Trinajstić information content (AvgIpc) is 2.95. The molecule has 5 nitrogen and oxygen atoms in total. The van der Waals surface area contributed by atoms with Gasteiger partial charge in [-0.3, -0.25) is 9.59 Å². The molecule has 1 fully saturated rings. The largest absolute Gasteiger partial charge is 0.497 e. The molecule has 0 aromatic heterocycles. The third-order valence-electron chi connectivity index (χ3n) is 3.94. The van der Waals surface area contributed by atoms with Gasteiger partial charge in [-0.15, -0.1) is 0 Å². The second-order valence-corrected chi connectivity index (χ2v) is 6.35. The van der Waals surface area contributed by atoms with Crippen molar-refractivity contribution in [3.63, 3.8) is 0 Å². The summed E-state index contributed by atoms with van der Waals surface area (Å²) < 4.78 is 10.3. The lowest BCUT2D eigenvalue weighted by Gasteiger charge is -2.13. The number of amides is 2. The number of carbonyl (C=O) groups is 2. The summed E-state index contributed by atoms with van der Waals surface area (Å²) in [5.74, 6) is 1.05. The van der Waals surface area contributed by atoms with E-state index in [9.17, 15) is 9.59 Å². The van der Waals surface area contributed by atoms with Crippen LogP contribution >= 0.6 is 11.8 Å².